The third-order valence-corrected chi connectivity index (χ3v) is 8.04. The molecule has 0 bridgehead atoms. The lowest BCUT2D eigenvalue weighted by Gasteiger charge is -2.34. The highest BCUT2D eigenvalue weighted by Crippen LogP contribution is 2.32. The van der Waals surface area contributed by atoms with Crippen LogP contribution in [0.3, 0.4) is 0 Å². The number of methoxy groups -OCH3 is 1. The lowest BCUT2D eigenvalue weighted by Crippen LogP contribution is -2.44. The summed E-state index contributed by atoms with van der Waals surface area (Å²) in [5.41, 5.74) is 4.11. The first-order valence-corrected chi connectivity index (χ1v) is 14.9. The highest BCUT2D eigenvalue weighted by molar-refractivity contribution is 5.76. The van der Waals surface area contributed by atoms with Crippen LogP contribution in [-0.4, -0.2) is 96.1 Å². The summed E-state index contributed by atoms with van der Waals surface area (Å²) in [4.78, 5) is 44.1. The maximum absolute atomic E-state index is 13.9. The van der Waals surface area contributed by atoms with Crippen LogP contribution in [0.5, 0.6) is 5.75 Å². The Labute approximate surface area is 257 Å². The molecule has 2 fully saturated rings. The molecule has 4 aromatic rings. The number of carbonyl (C=O) groups is 1. The summed E-state index contributed by atoms with van der Waals surface area (Å²) in [5.74, 6) is 1.11. The van der Waals surface area contributed by atoms with Gasteiger partial charge in [-0.25, -0.2) is 9.97 Å². The number of nitrogens with one attached hydrogen (secondary N) is 1. The Hall–Kier alpha value is -4.61. The predicted octanol–water partition coefficient (Wildman–Crippen LogP) is 4.00. The zero-order valence-electron chi connectivity index (χ0n) is 25.6. The van der Waals surface area contributed by atoms with Gasteiger partial charge >= 0.3 is 0 Å². The fourth-order valence-electron chi connectivity index (χ4n) is 5.70. The number of likely N-dealkylation sites (N-methyl/N-ethyl adjacent to an activating group) is 2. The first-order chi connectivity index (χ1) is 21.4. The topological polar surface area (TPSA) is 109 Å². The van der Waals surface area contributed by atoms with Crippen molar-refractivity contribution < 1.29 is 9.53 Å². The number of aldehydes is 1. The van der Waals surface area contributed by atoms with Gasteiger partial charge in [0.2, 0.25) is 5.95 Å². The molecule has 4 heterocycles. The maximum atomic E-state index is 13.9. The molecule has 2 aliphatic heterocycles. The number of rotatable bonds is 7. The average molecular weight is 597 g/mol. The van der Waals surface area contributed by atoms with Crippen molar-refractivity contribution in [1.29, 1.82) is 0 Å². The normalized spacial score (nSPS) is 17.4. The van der Waals surface area contributed by atoms with Crippen LogP contribution in [0.4, 0.5) is 17.3 Å². The summed E-state index contributed by atoms with van der Waals surface area (Å²) in [5, 5.41) is 3.33. The number of piperazine rings is 1. The van der Waals surface area contributed by atoms with E-state index in [2.05, 4.69) is 57.8 Å². The van der Waals surface area contributed by atoms with E-state index in [1.165, 1.54) is 6.08 Å². The van der Waals surface area contributed by atoms with E-state index in [0.29, 0.717) is 34.8 Å². The molecule has 230 valence electrons. The summed E-state index contributed by atoms with van der Waals surface area (Å²) in [6.45, 7) is 8.93. The van der Waals surface area contributed by atoms with E-state index in [4.69, 9.17) is 19.5 Å². The molecule has 1 atom stereocenters. The molecule has 0 amide bonds. The molecule has 2 aliphatic rings. The Morgan fingerprint density at radius 3 is 2.43 bits per heavy atom. The van der Waals surface area contributed by atoms with Crippen molar-refractivity contribution in [3.63, 3.8) is 0 Å². The molecule has 2 aromatic carbocycles. The van der Waals surface area contributed by atoms with Crippen molar-refractivity contribution in [2.24, 2.45) is 0 Å². The minimum atomic E-state index is -0.127. The Balaban J connectivity index is 0.000000906. The van der Waals surface area contributed by atoms with Crippen LogP contribution >= 0.6 is 0 Å². The first kappa shape index (κ1) is 30.8. The number of likely N-dealkylation sites (tertiary alicyclic amines) is 1. The number of carbonyl (C=O) groups excluding carboxylic acids is 1. The fourth-order valence-corrected chi connectivity index (χ4v) is 5.70. The molecular formula is C33H40N8O3. The largest absolute Gasteiger partial charge is 0.494 e. The monoisotopic (exact) mass is 596 g/mol. The maximum Gasteiger partial charge on any atom is 0.279 e. The summed E-state index contributed by atoms with van der Waals surface area (Å²) < 4.78 is 7.58. The fraction of sp³-hybridized carbons (Fsp3) is 0.364. The van der Waals surface area contributed by atoms with Crippen LogP contribution in [-0.2, 0) is 4.79 Å². The van der Waals surface area contributed by atoms with E-state index in [-0.39, 0.29) is 11.6 Å². The molecule has 1 N–H and O–H groups in total. The zero-order valence-corrected chi connectivity index (χ0v) is 25.6. The Bertz CT molecular complexity index is 1640. The smallest absolute Gasteiger partial charge is 0.279 e. The minimum Gasteiger partial charge on any atom is -0.494 e. The zero-order chi connectivity index (χ0) is 31.1. The molecule has 2 saturated heterocycles. The third kappa shape index (κ3) is 6.95. The Morgan fingerprint density at radius 2 is 1.75 bits per heavy atom. The van der Waals surface area contributed by atoms with Gasteiger partial charge in [-0.15, -0.1) is 0 Å². The highest BCUT2D eigenvalue weighted by atomic mass is 16.5. The summed E-state index contributed by atoms with van der Waals surface area (Å²) in [6, 6.07) is 15.8. The second-order valence-corrected chi connectivity index (χ2v) is 11.1. The molecule has 6 rings (SSSR count). The molecule has 0 radical (unpaired) electrons. The van der Waals surface area contributed by atoms with Crippen LogP contribution in [0.25, 0.3) is 22.4 Å². The van der Waals surface area contributed by atoms with Gasteiger partial charge in [0.15, 0.2) is 5.65 Å². The first-order valence-electron chi connectivity index (χ1n) is 14.9. The van der Waals surface area contributed by atoms with Gasteiger partial charge in [-0.2, -0.15) is 4.98 Å². The Kier molecular flexibility index (Phi) is 9.98. The van der Waals surface area contributed by atoms with Crippen molar-refractivity contribution in [3.8, 4) is 17.0 Å². The van der Waals surface area contributed by atoms with E-state index in [9.17, 15) is 4.79 Å². The number of ether oxygens (including phenoxy) is 1. The number of piperidine rings is 1. The lowest BCUT2D eigenvalue weighted by molar-refractivity contribution is -0.104. The molecule has 2 aromatic heterocycles. The average Bonchev–Trinajstić information content (AvgIpc) is 3.05. The van der Waals surface area contributed by atoms with Crippen molar-refractivity contribution in [3.05, 3.63) is 77.7 Å². The molecule has 44 heavy (non-hydrogen) atoms. The van der Waals surface area contributed by atoms with Crippen LogP contribution in [0, 0.1) is 0 Å². The van der Waals surface area contributed by atoms with E-state index >= 15 is 0 Å². The van der Waals surface area contributed by atoms with Crippen LogP contribution in [0.2, 0.25) is 0 Å². The van der Waals surface area contributed by atoms with Gasteiger partial charge < -0.3 is 24.8 Å². The van der Waals surface area contributed by atoms with Gasteiger partial charge in [0, 0.05) is 50.0 Å². The van der Waals surface area contributed by atoms with Gasteiger partial charge in [0.25, 0.3) is 5.56 Å². The molecule has 0 aliphatic carbocycles. The van der Waals surface area contributed by atoms with Gasteiger partial charge in [-0.1, -0.05) is 36.9 Å². The molecule has 1 unspecified atom stereocenters. The number of aromatic nitrogens is 4. The van der Waals surface area contributed by atoms with Crippen molar-refractivity contribution in [1.82, 2.24) is 29.3 Å². The number of allylic oxidation sites excluding steroid dienone is 1. The van der Waals surface area contributed by atoms with E-state index in [1.54, 1.807) is 13.3 Å². The number of anilines is 3. The number of nitrogens with zero attached hydrogens (tertiary/aromatic N) is 7. The Morgan fingerprint density at radius 1 is 1.00 bits per heavy atom. The molecular weight excluding hydrogens is 556 g/mol. The third-order valence-electron chi connectivity index (χ3n) is 8.04. The number of hydrogen-bond donors (Lipinski definition) is 1. The van der Waals surface area contributed by atoms with Gasteiger partial charge in [0.05, 0.1) is 25.0 Å². The van der Waals surface area contributed by atoms with Crippen LogP contribution in [0.15, 0.2) is 72.2 Å². The van der Waals surface area contributed by atoms with Gasteiger partial charge in [0.1, 0.15) is 23.2 Å². The molecule has 11 nitrogen and oxygen atoms in total. The summed E-state index contributed by atoms with van der Waals surface area (Å²) in [6.07, 6.45) is 5.46. The highest BCUT2D eigenvalue weighted by Gasteiger charge is 2.25. The van der Waals surface area contributed by atoms with Crippen molar-refractivity contribution in [2.45, 2.75) is 18.9 Å². The SMILES string of the molecule is C=CC=O.COc1cc(N2CCN(C)CC2)ccc1Nc1ncc2nc(-c3ccccc3)c(=O)n(C3CCCN(C)C3)c2n1. The molecule has 0 saturated carbocycles. The molecule has 11 heteroatoms. The number of hydrogen-bond acceptors (Lipinski definition) is 10. The van der Waals surface area contributed by atoms with E-state index in [1.807, 2.05) is 41.0 Å². The number of fused-ring (bicyclic) bond motifs is 1. The van der Waals surface area contributed by atoms with Crippen molar-refractivity contribution >= 4 is 34.8 Å². The second kappa shape index (κ2) is 14.2. The molecule has 0 spiro atoms. The minimum absolute atomic E-state index is 0.000584. The summed E-state index contributed by atoms with van der Waals surface area (Å²) >= 11 is 0. The van der Waals surface area contributed by atoms with Crippen molar-refractivity contribution in [2.75, 3.05) is 70.7 Å². The standard InChI is InChI=1S/C30H36N8O2.C3H4O/c1-35-14-16-37(17-15-35)22-11-12-24(26(18-22)40-3)33-30-31-19-25-28(34-30)38(23-10-7-13-36(2)20-23)29(39)27(32-25)21-8-5-4-6-9-21;1-2-3-4/h4-6,8-9,11-12,18-19,23H,7,10,13-17,20H2,1-3H3,(H,31,33,34);2-3H,1H2. The van der Waals surface area contributed by atoms with E-state index < -0.39 is 0 Å². The summed E-state index contributed by atoms with van der Waals surface area (Å²) in [7, 11) is 5.92. The number of benzene rings is 2. The quantitative estimate of drug-likeness (QED) is 0.248. The van der Waals surface area contributed by atoms with Crippen LogP contribution < -0.4 is 20.5 Å². The second-order valence-electron chi connectivity index (χ2n) is 11.1. The van der Waals surface area contributed by atoms with Gasteiger partial charge in [-0.3, -0.25) is 14.2 Å². The lowest BCUT2D eigenvalue weighted by atomic mass is 10.1. The van der Waals surface area contributed by atoms with E-state index in [0.717, 1.165) is 69.0 Å². The van der Waals surface area contributed by atoms with Gasteiger partial charge in [-0.05, 0) is 51.7 Å². The van der Waals surface area contributed by atoms with Crippen LogP contribution in [0.1, 0.15) is 18.9 Å². The predicted molar refractivity (Wildman–Crippen MR) is 175 cm³/mol.